The molecule has 7 nitrogen and oxygen atoms in total. The Morgan fingerprint density at radius 1 is 0.837 bits per heavy atom. The number of Topliss-reactive ketones (excluding diaryl/α,β-unsaturated/α-hetero) is 1. The lowest BCUT2D eigenvalue weighted by Gasteiger charge is -2.30. The highest BCUT2D eigenvalue weighted by atomic mass is 16.6. The van der Waals surface area contributed by atoms with Crippen molar-refractivity contribution >= 4 is 17.8 Å². The van der Waals surface area contributed by atoms with Crippen LogP contribution in [0.15, 0.2) is 72.8 Å². The average Bonchev–Trinajstić information content (AvgIpc) is 3.38. The van der Waals surface area contributed by atoms with E-state index < -0.39 is 23.3 Å². The Morgan fingerprint density at radius 2 is 1.42 bits per heavy atom. The van der Waals surface area contributed by atoms with Gasteiger partial charge in [-0.3, -0.25) is 4.79 Å². The van der Waals surface area contributed by atoms with Gasteiger partial charge in [0, 0.05) is 24.6 Å². The van der Waals surface area contributed by atoms with E-state index in [1.165, 1.54) is 0 Å². The normalized spacial score (nSPS) is 17.0. The first kappa shape index (κ1) is 31.8. The van der Waals surface area contributed by atoms with Crippen molar-refractivity contribution in [3.8, 4) is 11.5 Å². The Kier molecular flexibility index (Phi) is 9.63. The van der Waals surface area contributed by atoms with Crippen molar-refractivity contribution in [1.29, 1.82) is 0 Å². The van der Waals surface area contributed by atoms with E-state index in [0.717, 1.165) is 29.5 Å². The van der Waals surface area contributed by atoms with Gasteiger partial charge in [0.05, 0.1) is 0 Å². The standard InChI is InChI=1S/C36H43NO6/c1-24-20-26(21-25(2)32(24)42-36(6,7)33(39)43-35(3,4)5)18-19-28-22-37(34(40)41-29-16-12-9-13-17-29)23-30(28)31(38)27-14-10-8-11-15-27/h8-17,20-21,28,30H,18-19,22-23H2,1-7H3. The number of hydrogen-bond donors (Lipinski definition) is 0. The predicted molar refractivity (Wildman–Crippen MR) is 167 cm³/mol. The average molecular weight is 586 g/mol. The van der Waals surface area contributed by atoms with E-state index in [-0.39, 0.29) is 17.6 Å². The van der Waals surface area contributed by atoms with Crippen LogP contribution in [-0.2, 0) is 16.0 Å². The molecular formula is C36H43NO6. The third kappa shape index (κ3) is 8.25. The predicted octanol–water partition coefficient (Wildman–Crippen LogP) is 7.37. The molecular weight excluding hydrogens is 542 g/mol. The van der Waals surface area contributed by atoms with Crippen LogP contribution in [0, 0.1) is 25.7 Å². The van der Waals surface area contributed by atoms with Crippen LogP contribution < -0.4 is 9.47 Å². The molecule has 1 fully saturated rings. The van der Waals surface area contributed by atoms with Gasteiger partial charge < -0.3 is 19.1 Å². The summed E-state index contributed by atoms with van der Waals surface area (Å²) in [7, 11) is 0. The molecule has 1 amide bonds. The van der Waals surface area contributed by atoms with Crippen LogP contribution in [0.25, 0.3) is 0 Å². The largest absolute Gasteiger partial charge is 0.476 e. The SMILES string of the molecule is Cc1cc(CCC2CN(C(=O)Oc3ccccc3)CC2C(=O)c2ccccc2)cc(C)c1OC(C)(C)C(=O)OC(C)(C)C. The highest BCUT2D eigenvalue weighted by molar-refractivity contribution is 5.98. The Bertz CT molecular complexity index is 1420. The van der Waals surface area contributed by atoms with Crippen molar-refractivity contribution in [2.75, 3.05) is 13.1 Å². The van der Waals surface area contributed by atoms with Crippen LogP contribution in [-0.4, -0.2) is 47.0 Å². The van der Waals surface area contributed by atoms with Crippen molar-refractivity contribution in [2.45, 2.75) is 72.5 Å². The number of ether oxygens (including phenoxy) is 3. The first-order chi connectivity index (χ1) is 20.2. The Morgan fingerprint density at radius 3 is 2.00 bits per heavy atom. The van der Waals surface area contributed by atoms with E-state index in [4.69, 9.17) is 14.2 Å². The lowest BCUT2D eigenvalue weighted by Crippen LogP contribution is -2.43. The summed E-state index contributed by atoms with van der Waals surface area (Å²) in [6, 6.07) is 22.4. The van der Waals surface area contributed by atoms with Gasteiger partial charge in [0.15, 0.2) is 11.4 Å². The third-order valence-electron chi connectivity index (χ3n) is 7.61. The van der Waals surface area contributed by atoms with E-state index in [2.05, 4.69) is 12.1 Å². The smallest absolute Gasteiger partial charge is 0.415 e. The summed E-state index contributed by atoms with van der Waals surface area (Å²) in [5.41, 5.74) is 1.83. The number of ketones is 1. The fraction of sp³-hybridized carbons (Fsp3) is 0.417. The van der Waals surface area contributed by atoms with Gasteiger partial charge in [-0.1, -0.05) is 60.7 Å². The number of likely N-dealkylation sites (tertiary alicyclic amines) is 1. The summed E-state index contributed by atoms with van der Waals surface area (Å²) in [5, 5.41) is 0. The molecule has 4 rings (SSSR count). The van der Waals surface area contributed by atoms with Crippen LogP contribution in [0.2, 0.25) is 0 Å². The first-order valence-corrected chi connectivity index (χ1v) is 14.9. The number of amides is 1. The summed E-state index contributed by atoms with van der Waals surface area (Å²) in [5.74, 6) is 0.399. The van der Waals surface area contributed by atoms with E-state index in [1.807, 2.05) is 83.1 Å². The highest BCUT2D eigenvalue weighted by Crippen LogP contribution is 2.34. The number of para-hydroxylation sites is 1. The van der Waals surface area contributed by atoms with E-state index in [1.54, 1.807) is 30.9 Å². The Labute approximate surface area is 255 Å². The second-order valence-corrected chi connectivity index (χ2v) is 12.9. The van der Waals surface area contributed by atoms with Crippen molar-refractivity contribution in [1.82, 2.24) is 4.90 Å². The van der Waals surface area contributed by atoms with Gasteiger partial charge in [0.25, 0.3) is 0 Å². The maximum atomic E-state index is 13.6. The first-order valence-electron chi connectivity index (χ1n) is 14.9. The molecule has 0 N–H and O–H groups in total. The monoisotopic (exact) mass is 585 g/mol. The second kappa shape index (κ2) is 13.0. The minimum atomic E-state index is -1.16. The molecule has 0 aliphatic carbocycles. The maximum absolute atomic E-state index is 13.6. The van der Waals surface area contributed by atoms with Crippen LogP contribution in [0.3, 0.4) is 0 Å². The van der Waals surface area contributed by atoms with Gasteiger partial charge in [-0.15, -0.1) is 0 Å². The number of hydrogen-bond acceptors (Lipinski definition) is 6. The number of carbonyl (C=O) groups excluding carboxylic acids is 3. The zero-order valence-corrected chi connectivity index (χ0v) is 26.3. The molecule has 2 atom stereocenters. The number of benzene rings is 3. The molecule has 1 heterocycles. The van der Waals surface area contributed by atoms with Crippen LogP contribution in [0.5, 0.6) is 11.5 Å². The van der Waals surface area contributed by atoms with Gasteiger partial charge in [0.2, 0.25) is 0 Å². The quantitative estimate of drug-likeness (QED) is 0.193. The van der Waals surface area contributed by atoms with Crippen LogP contribution >= 0.6 is 0 Å². The molecule has 0 spiro atoms. The number of nitrogens with zero attached hydrogens (tertiary/aromatic N) is 1. The molecule has 0 saturated carbocycles. The van der Waals surface area contributed by atoms with Crippen LogP contribution in [0.4, 0.5) is 4.79 Å². The van der Waals surface area contributed by atoms with Crippen molar-refractivity contribution in [2.24, 2.45) is 11.8 Å². The number of esters is 1. The molecule has 0 aromatic heterocycles. The van der Waals surface area contributed by atoms with E-state index in [0.29, 0.717) is 30.2 Å². The molecule has 43 heavy (non-hydrogen) atoms. The van der Waals surface area contributed by atoms with Gasteiger partial charge in [-0.2, -0.15) is 0 Å². The molecule has 1 aliphatic rings. The van der Waals surface area contributed by atoms with Crippen molar-refractivity contribution < 1.29 is 28.6 Å². The topological polar surface area (TPSA) is 82.1 Å². The zero-order valence-electron chi connectivity index (χ0n) is 26.3. The van der Waals surface area contributed by atoms with E-state index in [9.17, 15) is 14.4 Å². The van der Waals surface area contributed by atoms with Gasteiger partial charge in [-0.25, -0.2) is 9.59 Å². The fourth-order valence-electron chi connectivity index (χ4n) is 5.48. The molecule has 0 bridgehead atoms. The van der Waals surface area contributed by atoms with E-state index >= 15 is 0 Å². The Balaban J connectivity index is 1.48. The summed E-state index contributed by atoms with van der Waals surface area (Å²) in [6.07, 6.45) is 1.00. The van der Waals surface area contributed by atoms with Crippen molar-refractivity contribution in [3.05, 3.63) is 95.1 Å². The molecule has 7 heteroatoms. The lowest BCUT2D eigenvalue weighted by atomic mass is 9.84. The molecule has 1 saturated heterocycles. The minimum absolute atomic E-state index is 0.0290. The summed E-state index contributed by atoms with van der Waals surface area (Å²) < 4.78 is 17.4. The highest BCUT2D eigenvalue weighted by Gasteiger charge is 2.40. The molecule has 0 radical (unpaired) electrons. The Hall–Kier alpha value is -4.13. The van der Waals surface area contributed by atoms with Gasteiger partial charge in [-0.05, 0) is 96.0 Å². The number of aryl methyl sites for hydroxylation is 3. The molecule has 3 aromatic carbocycles. The van der Waals surface area contributed by atoms with Gasteiger partial charge in [0.1, 0.15) is 17.1 Å². The minimum Gasteiger partial charge on any atom is -0.476 e. The lowest BCUT2D eigenvalue weighted by molar-refractivity contribution is -0.171. The number of carbonyl (C=O) groups is 3. The van der Waals surface area contributed by atoms with Gasteiger partial charge >= 0.3 is 12.1 Å². The van der Waals surface area contributed by atoms with Crippen molar-refractivity contribution in [3.63, 3.8) is 0 Å². The molecule has 3 aromatic rings. The van der Waals surface area contributed by atoms with Crippen LogP contribution in [0.1, 0.15) is 68.1 Å². The molecule has 228 valence electrons. The summed E-state index contributed by atoms with van der Waals surface area (Å²) >= 11 is 0. The maximum Gasteiger partial charge on any atom is 0.415 e. The molecule has 1 aliphatic heterocycles. The summed E-state index contributed by atoms with van der Waals surface area (Å²) in [4.78, 5) is 41.1. The number of rotatable bonds is 9. The summed E-state index contributed by atoms with van der Waals surface area (Å²) in [6.45, 7) is 13.6. The third-order valence-corrected chi connectivity index (χ3v) is 7.61. The molecule has 2 unspecified atom stereocenters. The fourth-order valence-corrected chi connectivity index (χ4v) is 5.48. The zero-order chi connectivity index (χ0) is 31.4. The second-order valence-electron chi connectivity index (χ2n) is 12.9.